The molecule has 1 atom stereocenters. The predicted octanol–water partition coefficient (Wildman–Crippen LogP) is 2.86. The van der Waals surface area contributed by atoms with E-state index in [1.54, 1.807) is 6.20 Å². The summed E-state index contributed by atoms with van der Waals surface area (Å²) in [5.41, 5.74) is 0.799. The molecule has 0 aliphatic heterocycles. The molecule has 0 bridgehead atoms. The highest BCUT2D eigenvalue weighted by atomic mass is 16.5. The second-order valence-electron chi connectivity index (χ2n) is 3.67. The molecule has 82 valence electrons. The van der Waals surface area contributed by atoms with Gasteiger partial charge in [-0.1, -0.05) is 24.3 Å². The van der Waals surface area contributed by atoms with Crippen molar-refractivity contribution in [3.63, 3.8) is 0 Å². The van der Waals surface area contributed by atoms with Gasteiger partial charge in [-0.25, -0.2) is 0 Å². The lowest BCUT2D eigenvalue weighted by molar-refractivity contribution is -0.145. The molecule has 0 saturated heterocycles. The Hall–Kier alpha value is -1.90. The summed E-state index contributed by atoms with van der Waals surface area (Å²) in [6.07, 6.45) is 1.42. The number of pyridine rings is 1. The lowest BCUT2D eigenvalue weighted by Gasteiger charge is -2.13. The molecule has 0 spiro atoms. The van der Waals surface area contributed by atoms with Gasteiger partial charge in [0.25, 0.3) is 0 Å². The zero-order valence-electron chi connectivity index (χ0n) is 9.31. The summed E-state index contributed by atoms with van der Waals surface area (Å²) in [6, 6.07) is 9.87. The van der Waals surface area contributed by atoms with Crippen molar-refractivity contribution in [1.29, 1.82) is 0 Å². The number of benzene rings is 1. The van der Waals surface area contributed by atoms with Crippen molar-refractivity contribution in [2.75, 3.05) is 0 Å². The molecule has 2 aromatic rings. The molecule has 1 aromatic heterocycles. The van der Waals surface area contributed by atoms with E-state index in [1.165, 1.54) is 6.92 Å². The van der Waals surface area contributed by atoms with Gasteiger partial charge in [0, 0.05) is 18.5 Å². The van der Waals surface area contributed by atoms with Crippen LogP contribution in [-0.2, 0) is 9.53 Å². The molecule has 0 saturated carbocycles. The van der Waals surface area contributed by atoms with E-state index in [9.17, 15) is 4.79 Å². The van der Waals surface area contributed by atoms with Crippen LogP contribution in [0.25, 0.3) is 10.8 Å². The average molecular weight is 215 g/mol. The van der Waals surface area contributed by atoms with Crippen molar-refractivity contribution in [2.24, 2.45) is 0 Å². The molecule has 0 amide bonds. The normalized spacial score (nSPS) is 12.4. The van der Waals surface area contributed by atoms with Crippen molar-refractivity contribution in [3.8, 4) is 0 Å². The fraction of sp³-hybridized carbons (Fsp3) is 0.231. The summed E-state index contributed by atoms with van der Waals surface area (Å²) >= 11 is 0. The summed E-state index contributed by atoms with van der Waals surface area (Å²) in [4.78, 5) is 15.2. The van der Waals surface area contributed by atoms with Gasteiger partial charge in [-0.15, -0.1) is 0 Å². The highest BCUT2D eigenvalue weighted by molar-refractivity contribution is 5.84. The molecular weight excluding hydrogens is 202 g/mol. The highest BCUT2D eigenvalue weighted by Crippen LogP contribution is 2.23. The Kier molecular flexibility index (Phi) is 2.86. The molecule has 0 aliphatic rings. The number of fused-ring (bicyclic) bond motifs is 1. The van der Waals surface area contributed by atoms with Gasteiger partial charge < -0.3 is 4.74 Å². The van der Waals surface area contributed by atoms with Crippen molar-refractivity contribution in [2.45, 2.75) is 20.0 Å². The fourth-order valence-corrected chi connectivity index (χ4v) is 1.77. The molecule has 0 unspecified atom stereocenters. The number of esters is 1. The highest BCUT2D eigenvalue weighted by Gasteiger charge is 2.12. The minimum Gasteiger partial charge on any atom is -0.456 e. The minimum atomic E-state index is -0.316. The van der Waals surface area contributed by atoms with E-state index < -0.39 is 0 Å². The maximum atomic E-state index is 10.9. The van der Waals surface area contributed by atoms with Gasteiger partial charge in [0.15, 0.2) is 0 Å². The number of ether oxygens (including phenoxy) is 1. The first kappa shape index (κ1) is 10.6. The smallest absolute Gasteiger partial charge is 0.303 e. The van der Waals surface area contributed by atoms with Crippen molar-refractivity contribution in [3.05, 3.63) is 42.2 Å². The minimum absolute atomic E-state index is 0.290. The summed E-state index contributed by atoms with van der Waals surface area (Å²) in [5, 5.41) is 2.13. The van der Waals surface area contributed by atoms with Gasteiger partial charge in [-0.05, 0) is 18.4 Å². The van der Waals surface area contributed by atoms with Crippen LogP contribution in [0, 0.1) is 0 Å². The maximum Gasteiger partial charge on any atom is 0.303 e. The lowest BCUT2D eigenvalue weighted by atomic mass is 10.1. The molecule has 0 N–H and O–H groups in total. The fourth-order valence-electron chi connectivity index (χ4n) is 1.77. The van der Waals surface area contributed by atoms with E-state index in [1.807, 2.05) is 37.3 Å². The van der Waals surface area contributed by atoms with Crippen molar-refractivity contribution < 1.29 is 9.53 Å². The Bertz CT molecular complexity index is 517. The van der Waals surface area contributed by atoms with Crippen LogP contribution in [0.15, 0.2) is 36.5 Å². The topological polar surface area (TPSA) is 39.2 Å². The van der Waals surface area contributed by atoms with Crippen LogP contribution >= 0.6 is 0 Å². The number of aromatic nitrogens is 1. The van der Waals surface area contributed by atoms with E-state index in [2.05, 4.69) is 4.98 Å². The van der Waals surface area contributed by atoms with E-state index in [-0.39, 0.29) is 12.1 Å². The molecule has 1 aromatic carbocycles. The Morgan fingerprint density at radius 1 is 1.31 bits per heavy atom. The van der Waals surface area contributed by atoms with Crippen LogP contribution in [0.2, 0.25) is 0 Å². The molecule has 3 heteroatoms. The monoisotopic (exact) mass is 215 g/mol. The Balaban J connectivity index is 2.47. The van der Waals surface area contributed by atoms with Gasteiger partial charge >= 0.3 is 5.97 Å². The third-order valence-corrected chi connectivity index (χ3v) is 2.43. The quantitative estimate of drug-likeness (QED) is 0.723. The van der Waals surface area contributed by atoms with Gasteiger partial charge in [0.05, 0.1) is 5.69 Å². The SMILES string of the molecule is CC(=O)O[C@H](C)c1nccc2ccccc12. The number of carbonyl (C=O) groups is 1. The van der Waals surface area contributed by atoms with Crippen molar-refractivity contribution >= 4 is 16.7 Å². The maximum absolute atomic E-state index is 10.9. The van der Waals surface area contributed by atoms with Crippen molar-refractivity contribution in [1.82, 2.24) is 4.98 Å². The number of rotatable bonds is 2. The Morgan fingerprint density at radius 3 is 2.81 bits per heavy atom. The standard InChI is InChI=1S/C13H13NO2/c1-9(16-10(2)15)13-12-6-4-3-5-11(12)7-8-14-13/h3-9H,1-2H3/t9-/m1/s1. The molecule has 2 rings (SSSR count). The largest absolute Gasteiger partial charge is 0.456 e. The number of hydrogen-bond donors (Lipinski definition) is 0. The first-order valence-corrected chi connectivity index (χ1v) is 5.19. The summed E-state index contributed by atoms with van der Waals surface area (Å²) in [7, 11) is 0. The molecular formula is C13H13NO2. The molecule has 0 aliphatic carbocycles. The van der Waals surface area contributed by atoms with Gasteiger partial charge in [-0.3, -0.25) is 9.78 Å². The number of nitrogens with zero attached hydrogens (tertiary/aromatic N) is 1. The average Bonchev–Trinajstić information content (AvgIpc) is 2.27. The lowest BCUT2D eigenvalue weighted by Crippen LogP contribution is -2.06. The molecule has 0 fully saturated rings. The Morgan fingerprint density at radius 2 is 2.06 bits per heavy atom. The zero-order chi connectivity index (χ0) is 11.5. The molecule has 3 nitrogen and oxygen atoms in total. The van der Waals surface area contributed by atoms with Gasteiger partial charge in [0.1, 0.15) is 6.10 Å². The van der Waals surface area contributed by atoms with Crippen LogP contribution in [0.5, 0.6) is 0 Å². The van der Waals surface area contributed by atoms with Crippen LogP contribution in [-0.4, -0.2) is 11.0 Å². The molecule has 1 heterocycles. The summed E-state index contributed by atoms with van der Waals surface area (Å²) in [6.45, 7) is 3.23. The zero-order valence-corrected chi connectivity index (χ0v) is 9.31. The number of hydrogen-bond acceptors (Lipinski definition) is 3. The third-order valence-electron chi connectivity index (χ3n) is 2.43. The summed E-state index contributed by atoms with van der Waals surface area (Å²) < 4.78 is 5.14. The first-order valence-electron chi connectivity index (χ1n) is 5.19. The van der Waals surface area contributed by atoms with Crippen LogP contribution < -0.4 is 0 Å². The van der Waals surface area contributed by atoms with E-state index in [4.69, 9.17) is 4.74 Å². The summed E-state index contributed by atoms with van der Waals surface area (Å²) in [5.74, 6) is -0.290. The molecule has 16 heavy (non-hydrogen) atoms. The number of carbonyl (C=O) groups excluding carboxylic acids is 1. The van der Waals surface area contributed by atoms with Crippen LogP contribution in [0.1, 0.15) is 25.6 Å². The van der Waals surface area contributed by atoms with E-state index in [0.29, 0.717) is 0 Å². The van der Waals surface area contributed by atoms with Gasteiger partial charge in [0.2, 0.25) is 0 Å². The predicted molar refractivity (Wildman–Crippen MR) is 61.9 cm³/mol. The van der Waals surface area contributed by atoms with Crippen LogP contribution in [0.4, 0.5) is 0 Å². The second kappa shape index (κ2) is 4.31. The van der Waals surface area contributed by atoms with E-state index >= 15 is 0 Å². The van der Waals surface area contributed by atoms with Crippen LogP contribution in [0.3, 0.4) is 0 Å². The first-order chi connectivity index (χ1) is 7.68. The molecule has 0 radical (unpaired) electrons. The Labute approximate surface area is 94.1 Å². The third kappa shape index (κ3) is 2.03. The van der Waals surface area contributed by atoms with E-state index in [0.717, 1.165) is 16.5 Å². The van der Waals surface area contributed by atoms with Gasteiger partial charge in [-0.2, -0.15) is 0 Å². The second-order valence-corrected chi connectivity index (χ2v) is 3.67.